The number of carbonyl (C=O) groups is 3. The third-order valence-electron chi connectivity index (χ3n) is 4.13. The number of anilines is 1. The first-order valence-corrected chi connectivity index (χ1v) is 7.83. The summed E-state index contributed by atoms with van der Waals surface area (Å²) in [7, 11) is 1.61. The minimum absolute atomic E-state index is 0.209. The number of aryl methyl sites for hydroxylation is 1. The number of benzene rings is 1. The lowest BCUT2D eigenvalue weighted by atomic mass is 9.98. The van der Waals surface area contributed by atoms with Gasteiger partial charge in [0.15, 0.2) is 0 Å². The molecule has 128 valence electrons. The molecule has 2 heterocycles. The van der Waals surface area contributed by atoms with Crippen molar-refractivity contribution in [2.45, 2.75) is 12.8 Å². The Bertz CT molecular complexity index is 899. The molecule has 1 aliphatic heterocycles. The fraction of sp³-hybridized carbons (Fsp3) is 0.222. The zero-order valence-corrected chi connectivity index (χ0v) is 13.6. The number of hydrogen-bond donors (Lipinski definition) is 2. The molecule has 0 bridgehead atoms. The second kappa shape index (κ2) is 6.72. The van der Waals surface area contributed by atoms with Crippen LogP contribution < -0.4 is 16.2 Å². The van der Waals surface area contributed by atoms with Crippen LogP contribution in [-0.2, 0) is 23.1 Å². The van der Waals surface area contributed by atoms with Crippen molar-refractivity contribution >= 4 is 23.4 Å². The molecule has 2 aromatic rings. The van der Waals surface area contributed by atoms with E-state index in [4.69, 9.17) is 0 Å². The van der Waals surface area contributed by atoms with Crippen molar-refractivity contribution in [3.05, 3.63) is 64.1 Å². The van der Waals surface area contributed by atoms with E-state index in [-0.39, 0.29) is 41.2 Å². The van der Waals surface area contributed by atoms with E-state index in [1.807, 2.05) is 0 Å². The summed E-state index contributed by atoms with van der Waals surface area (Å²) in [6.07, 6.45) is 2.22. The molecule has 1 aliphatic rings. The highest BCUT2D eigenvalue weighted by molar-refractivity contribution is 6.04. The Morgan fingerprint density at radius 2 is 1.92 bits per heavy atom. The summed E-state index contributed by atoms with van der Waals surface area (Å²) in [6.45, 7) is 0. The van der Waals surface area contributed by atoms with Gasteiger partial charge in [-0.2, -0.15) is 0 Å². The van der Waals surface area contributed by atoms with Crippen molar-refractivity contribution in [1.82, 2.24) is 9.88 Å². The molecule has 0 saturated carbocycles. The van der Waals surface area contributed by atoms with Crippen molar-refractivity contribution in [3.63, 3.8) is 0 Å². The predicted molar refractivity (Wildman–Crippen MR) is 91.0 cm³/mol. The van der Waals surface area contributed by atoms with E-state index < -0.39 is 0 Å². The van der Waals surface area contributed by atoms with Gasteiger partial charge in [-0.25, -0.2) is 0 Å². The number of imide groups is 1. The van der Waals surface area contributed by atoms with Gasteiger partial charge < -0.3 is 9.88 Å². The monoisotopic (exact) mass is 339 g/mol. The van der Waals surface area contributed by atoms with Crippen LogP contribution in [0.5, 0.6) is 0 Å². The molecule has 1 aromatic heterocycles. The standard InChI is InChI=1S/C18H17N3O4/c1-21-7-6-12(10-16(21)23)17(24)19-14-4-2-11(3-5-14)8-13-9-15(22)20-18(13)25/h2-7,10,13H,8-9H2,1H3,(H,19,24)(H,20,22,25)/t13-/m0/s1. The number of rotatable bonds is 4. The van der Waals surface area contributed by atoms with Crippen LogP contribution >= 0.6 is 0 Å². The maximum atomic E-state index is 12.2. The lowest BCUT2D eigenvalue weighted by Crippen LogP contribution is -2.22. The number of nitrogens with zero attached hydrogens (tertiary/aromatic N) is 1. The maximum Gasteiger partial charge on any atom is 0.255 e. The maximum absolute atomic E-state index is 12.2. The molecule has 7 heteroatoms. The summed E-state index contributed by atoms with van der Waals surface area (Å²) >= 11 is 0. The van der Waals surface area contributed by atoms with Crippen molar-refractivity contribution in [3.8, 4) is 0 Å². The summed E-state index contributed by atoms with van der Waals surface area (Å²) < 4.78 is 1.38. The molecule has 1 fully saturated rings. The highest BCUT2D eigenvalue weighted by Gasteiger charge is 2.30. The third kappa shape index (κ3) is 3.82. The Balaban J connectivity index is 1.65. The minimum Gasteiger partial charge on any atom is -0.322 e. The van der Waals surface area contributed by atoms with Crippen LogP contribution in [0, 0.1) is 5.92 Å². The summed E-state index contributed by atoms with van der Waals surface area (Å²) in [5, 5.41) is 5.01. The van der Waals surface area contributed by atoms with Gasteiger partial charge in [-0.15, -0.1) is 0 Å². The quantitative estimate of drug-likeness (QED) is 0.807. The molecular formula is C18H17N3O4. The van der Waals surface area contributed by atoms with E-state index in [0.717, 1.165) is 5.56 Å². The highest BCUT2D eigenvalue weighted by atomic mass is 16.2. The second-order valence-corrected chi connectivity index (χ2v) is 6.03. The zero-order chi connectivity index (χ0) is 18.0. The summed E-state index contributed by atoms with van der Waals surface area (Å²) in [4.78, 5) is 46.6. The molecule has 3 rings (SSSR count). The number of carbonyl (C=O) groups excluding carboxylic acids is 3. The molecule has 1 saturated heterocycles. The molecule has 0 spiro atoms. The Morgan fingerprint density at radius 3 is 2.52 bits per heavy atom. The van der Waals surface area contributed by atoms with Gasteiger partial charge in [0.1, 0.15) is 0 Å². The van der Waals surface area contributed by atoms with E-state index in [9.17, 15) is 19.2 Å². The van der Waals surface area contributed by atoms with E-state index >= 15 is 0 Å². The molecule has 0 radical (unpaired) electrons. The number of amides is 3. The summed E-state index contributed by atoms with van der Waals surface area (Å²) in [5.74, 6) is -1.19. The first kappa shape index (κ1) is 16.6. The average molecular weight is 339 g/mol. The van der Waals surface area contributed by atoms with Crippen molar-refractivity contribution in [1.29, 1.82) is 0 Å². The number of nitrogens with one attached hydrogen (secondary N) is 2. The van der Waals surface area contributed by atoms with Gasteiger partial charge in [0, 0.05) is 37.0 Å². The van der Waals surface area contributed by atoms with Gasteiger partial charge in [-0.1, -0.05) is 12.1 Å². The van der Waals surface area contributed by atoms with Crippen molar-refractivity contribution < 1.29 is 14.4 Å². The summed E-state index contributed by atoms with van der Waals surface area (Å²) in [5.41, 5.74) is 1.52. The Hall–Kier alpha value is -3.22. The number of pyridine rings is 1. The molecule has 7 nitrogen and oxygen atoms in total. The largest absolute Gasteiger partial charge is 0.322 e. The van der Waals surface area contributed by atoms with Crippen LogP contribution in [0.2, 0.25) is 0 Å². The average Bonchev–Trinajstić information content (AvgIpc) is 2.89. The van der Waals surface area contributed by atoms with Crippen LogP contribution in [0.3, 0.4) is 0 Å². The topological polar surface area (TPSA) is 97.3 Å². The summed E-state index contributed by atoms with van der Waals surface area (Å²) in [6, 6.07) is 9.90. The van der Waals surface area contributed by atoms with Gasteiger partial charge >= 0.3 is 0 Å². The molecule has 25 heavy (non-hydrogen) atoms. The molecule has 0 aliphatic carbocycles. The van der Waals surface area contributed by atoms with E-state index in [0.29, 0.717) is 12.1 Å². The van der Waals surface area contributed by atoms with Crippen molar-refractivity contribution in [2.75, 3.05) is 5.32 Å². The van der Waals surface area contributed by atoms with Crippen LogP contribution in [0.4, 0.5) is 5.69 Å². The van der Waals surface area contributed by atoms with E-state index in [1.54, 1.807) is 37.4 Å². The number of aromatic nitrogens is 1. The minimum atomic E-state index is -0.369. The van der Waals surface area contributed by atoms with Crippen LogP contribution in [0.1, 0.15) is 22.3 Å². The normalized spacial score (nSPS) is 16.6. The molecule has 1 aromatic carbocycles. The van der Waals surface area contributed by atoms with E-state index in [1.165, 1.54) is 16.8 Å². The van der Waals surface area contributed by atoms with Gasteiger partial charge in [0.05, 0.1) is 5.92 Å². The lowest BCUT2D eigenvalue weighted by Gasteiger charge is -2.09. The van der Waals surface area contributed by atoms with Crippen molar-refractivity contribution in [2.24, 2.45) is 13.0 Å². The molecule has 0 unspecified atom stereocenters. The number of hydrogen-bond acceptors (Lipinski definition) is 4. The van der Waals surface area contributed by atoms with Gasteiger partial charge in [0.2, 0.25) is 11.8 Å². The van der Waals surface area contributed by atoms with Crippen LogP contribution in [-0.4, -0.2) is 22.3 Å². The van der Waals surface area contributed by atoms with Gasteiger partial charge in [-0.3, -0.25) is 24.5 Å². The first-order valence-electron chi connectivity index (χ1n) is 7.83. The predicted octanol–water partition coefficient (Wildman–Crippen LogP) is 0.843. The fourth-order valence-electron chi connectivity index (χ4n) is 2.67. The SMILES string of the molecule is Cn1ccc(C(=O)Nc2ccc(C[C@H]3CC(=O)NC3=O)cc2)cc1=O. The Morgan fingerprint density at radius 1 is 1.20 bits per heavy atom. The highest BCUT2D eigenvalue weighted by Crippen LogP contribution is 2.19. The molecule has 2 N–H and O–H groups in total. The fourth-order valence-corrected chi connectivity index (χ4v) is 2.67. The Kier molecular flexibility index (Phi) is 4.47. The third-order valence-corrected chi connectivity index (χ3v) is 4.13. The molecule has 3 amide bonds. The molecular weight excluding hydrogens is 322 g/mol. The van der Waals surface area contributed by atoms with Crippen LogP contribution in [0.15, 0.2) is 47.4 Å². The molecule has 1 atom stereocenters. The first-order chi connectivity index (χ1) is 11.9. The van der Waals surface area contributed by atoms with Crippen LogP contribution in [0.25, 0.3) is 0 Å². The second-order valence-electron chi connectivity index (χ2n) is 6.03. The smallest absolute Gasteiger partial charge is 0.255 e. The van der Waals surface area contributed by atoms with Gasteiger partial charge in [-0.05, 0) is 30.2 Å². The zero-order valence-electron chi connectivity index (χ0n) is 13.6. The van der Waals surface area contributed by atoms with E-state index in [2.05, 4.69) is 10.6 Å². The lowest BCUT2D eigenvalue weighted by molar-refractivity contribution is -0.125. The van der Waals surface area contributed by atoms with Gasteiger partial charge in [0.25, 0.3) is 11.5 Å². The Labute approximate surface area is 143 Å².